The zero-order valence-corrected chi connectivity index (χ0v) is 8.05. The molecule has 1 aromatic heterocycles. The average Bonchev–Trinajstić information content (AvgIpc) is 2.81. The van der Waals surface area contributed by atoms with Gasteiger partial charge in [-0.3, -0.25) is 4.79 Å². The lowest BCUT2D eigenvalue weighted by atomic mass is 10.2. The SMILES string of the molecule is O=C(/C=C/c1ccccc1)c1ncc[nH]1. The molecule has 0 fully saturated rings. The number of nitrogens with one attached hydrogen (secondary N) is 1. The molecule has 0 unspecified atom stereocenters. The quantitative estimate of drug-likeness (QED) is 0.607. The fraction of sp³-hybridized carbons (Fsp3) is 0. The first-order valence-corrected chi connectivity index (χ1v) is 4.63. The summed E-state index contributed by atoms with van der Waals surface area (Å²) in [5.74, 6) is 0.242. The Morgan fingerprint density at radius 3 is 2.73 bits per heavy atom. The molecule has 2 aromatic rings. The van der Waals surface area contributed by atoms with Crippen LogP contribution in [0.4, 0.5) is 0 Å². The smallest absolute Gasteiger partial charge is 0.221 e. The third kappa shape index (κ3) is 2.40. The average molecular weight is 198 g/mol. The van der Waals surface area contributed by atoms with Gasteiger partial charge in [0.25, 0.3) is 0 Å². The van der Waals surface area contributed by atoms with Crippen molar-refractivity contribution in [2.45, 2.75) is 0 Å². The number of aromatic nitrogens is 2. The van der Waals surface area contributed by atoms with Crippen LogP contribution in [0.3, 0.4) is 0 Å². The van der Waals surface area contributed by atoms with Gasteiger partial charge in [0.15, 0.2) is 5.82 Å². The Bertz CT molecular complexity index is 458. The molecule has 0 aliphatic carbocycles. The number of carbonyl (C=O) groups excluding carboxylic acids is 1. The largest absolute Gasteiger partial charge is 0.342 e. The van der Waals surface area contributed by atoms with Gasteiger partial charge in [-0.2, -0.15) is 0 Å². The number of aromatic amines is 1. The lowest BCUT2D eigenvalue weighted by molar-refractivity contribution is 0.103. The van der Waals surface area contributed by atoms with Crippen molar-refractivity contribution in [3.05, 3.63) is 60.2 Å². The first kappa shape index (κ1) is 9.40. The molecule has 1 N–H and O–H groups in total. The molecule has 3 nitrogen and oxygen atoms in total. The summed E-state index contributed by atoms with van der Waals surface area (Å²) in [7, 11) is 0. The monoisotopic (exact) mass is 198 g/mol. The zero-order chi connectivity index (χ0) is 10.5. The Kier molecular flexibility index (Phi) is 2.74. The standard InChI is InChI=1S/C12H10N2O/c15-11(12-13-8-9-14-12)7-6-10-4-2-1-3-5-10/h1-9H,(H,13,14)/b7-6+. The molecule has 0 amide bonds. The minimum Gasteiger partial charge on any atom is -0.342 e. The number of hydrogen-bond acceptors (Lipinski definition) is 2. The van der Waals surface area contributed by atoms with Gasteiger partial charge in [0.1, 0.15) is 0 Å². The van der Waals surface area contributed by atoms with E-state index in [0.717, 1.165) is 5.56 Å². The Morgan fingerprint density at radius 2 is 2.07 bits per heavy atom. The van der Waals surface area contributed by atoms with Gasteiger partial charge in [0, 0.05) is 12.4 Å². The summed E-state index contributed by atoms with van der Waals surface area (Å²) < 4.78 is 0. The number of hydrogen-bond donors (Lipinski definition) is 1. The number of carbonyl (C=O) groups is 1. The van der Waals surface area contributed by atoms with Gasteiger partial charge in [-0.15, -0.1) is 0 Å². The molecular formula is C12H10N2O. The number of nitrogens with zero attached hydrogens (tertiary/aromatic N) is 1. The van der Waals surface area contributed by atoms with Crippen molar-refractivity contribution in [3.8, 4) is 0 Å². The Morgan fingerprint density at radius 1 is 1.27 bits per heavy atom. The third-order valence-corrected chi connectivity index (χ3v) is 1.96. The van der Waals surface area contributed by atoms with E-state index in [-0.39, 0.29) is 5.78 Å². The van der Waals surface area contributed by atoms with Crippen LogP contribution in [-0.2, 0) is 0 Å². The highest BCUT2D eigenvalue weighted by atomic mass is 16.1. The van der Waals surface area contributed by atoms with Crippen molar-refractivity contribution < 1.29 is 4.79 Å². The van der Waals surface area contributed by atoms with Crippen molar-refractivity contribution in [2.24, 2.45) is 0 Å². The molecule has 2 rings (SSSR count). The first-order valence-electron chi connectivity index (χ1n) is 4.63. The number of rotatable bonds is 3. The van der Waals surface area contributed by atoms with Crippen molar-refractivity contribution in [1.29, 1.82) is 0 Å². The second kappa shape index (κ2) is 4.37. The molecule has 0 saturated carbocycles. The van der Waals surface area contributed by atoms with Gasteiger partial charge in [-0.25, -0.2) is 4.98 Å². The Balaban J connectivity index is 2.10. The summed E-state index contributed by atoms with van der Waals surface area (Å²) >= 11 is 0. The number of H-pyrrole nitrogens is 1. The van der Waals surface area contributed by atoms with E-state index in [2.05, 4.69) is 9.97 Å². The van der Waals surface area contributed by atoms with Gasteiger partial charge in [0.05, 0.1) is 0 Å². The lowest BCUT2D eigenvalue weighted by Crippen LogP contribution is -1.96. The summed E-state index contributed by atoms with van der Waals surface area (Å²) in [6, 6.07) is 9.66. The lowest BCUT2D eigenvalue weighted by Gasteiger charge is -1.90. The van der Waals surface area contributed by atoms with Crippen LogP contribution < -0.4 is 0 Å². The summed E-state index contributed by atoms with van der Waals surface area (Å²) in [5, 5.41) is 0. The predicted octanol–water partition coefficient (Wildman–Crippen LogP) is 2.31. The highest BCUT2D eigenvalue weighted by Gasteiger charge is 2.01. The predicted molar refractivity (Wildman–Crippen MR) is 58.4 cm³/mol. The molecule has 1 aromatic carbocycles. The van der Waals surface area contributed by atoms with E-state index in [9.17, 15) is 4.79 Å². The summed E-state index contributed by atoms with van der Waals surface area (Å²) in [5.41, 5.74) is 0.998. The van der Waals surface area contributed by atoms with Crippen LogP contribution in [0.2, 0.25) is 0 Å². The number of imidazole rings is 1. The third-order valence-electron chi connectivity index (χ3n) is 1.96. The van der Waals surface area contributed by atoms with E-state index in [0.29, 0.717) is 5.82 Å². The topological polar surface area (TPSA) is 45.8 Å². The minimum absolute atomic E-state index is 0.121. The van der Waals surface area contributed by atoms with Crippen LogP contribution >= 0.6 is 0 Å². The molecule has 15 heavy (non-hydrogen) atoms. The summed E-state index contributed by atoms with van der Waals surface area (Å²) in [6.07, 6.45) is 6.46. The fourth-order valence-electron chi connectivity index (χ4n) is 1.22. The summed E-state index contributed by atoms with van der Waals surface area (Å²) in [4.78, 5) is 18.1. The van der Waals surface area contributed by atoms with Gasteiger partial charge in [-0.1, -0.05) is 36.4 Å². The van der Waals surface area contributed by atoms with Crippen molar-refractivity contribution in [1.82, 2.24) is 9.97 Å². The molecule has 0 radical (unpaired) electrons. The van der Waals surface area contributed by atoms with E-state index in [1.807, 2.05) is 30.3 Å². The highest BCUT2D eigenvalue weighted by Crippen LogP contribution is 2.02. The van der Waals surface area contributed by atoms with Crippen LogP contribution in [0.15, 0.2) is 48.8 Å². The van der Waals surface area contributed by atoms with E-state index >= 15 is 0 Å². The van der Waals surface area contributed by atoms with Crippen LogP contribution in [0.25, 0.3) is 6.08 Å². The number of benzene rings is 1. The van der Waals surface area contributed by atoms with Gasteiger partial charge in [0.2, 0.25) is 5.78 Å². The minimum atomic E-state index is -0.121. The van der Waals surface area contributed by atoms with Crippen molar-refractivity contribution in [3.63, 3.8) is 0 Å². The molecule has 0 aliphatic rings. The maximum Gasteiger partial charge on any atom is 0.221 e. The van der Waals surface area contributed by atoms with Crippen LogP contribution in [0.5, 0.6) is 0 Å². The maximum absolute atomic E-state index is 11.5. The molecule has 3 heteroatoms. The van der Waals surface area contributed by atoms with Crippen LogP contribution in [0, 0.1) is 0 Å². The van der Waals surface area contributed by atoms with Crippen LogP contribution in [0.1, 0.15) is 16.2 Å². The fourth-order valence-corrected chi connectivity index (χ4v) is 1.22. The maximum atomic E-state index is 11.5. The zero-order valence-electron chi connectivity index (χ0n) is 8.05. The van der Waals surface area contributed by atoms with Crippen molar-refractivity contribution >= 4 is 11.9 Å². The molecule has 1 heterocycles. The molecular weight excluding hydrogens is 188 g/mol. The van der Waals surface area contributed by atoms with Crippen LogP contribution in [-0.4, -0.2) is 15.8 Å². The number of allylic oxidation sites excluding steroid dienone is 1. The van der Waals surface area contributed by atoms with Crippen molar-refractivity contribution in [2.75, 3.05) is 0 Å². The molecule has 0 spiro atoms. The van der Waals surface area contributed by atoms with Gasteiger partial charge >= 0.3 is 0 Å². The Hall–Kier alpha value is -2.16. The normalized spacial score (nSPS) is 10.7. The first-order chi connectivity index (χ1) is 7.36. The number of ketones is 1. The van der Waals surface area contributed by atoms with Gasteiger partial charge in [-0.05, 0) is 11.6 Å². The van der Waals surface area contributed by atoms with E-state index in [4.69, 9.17) is 0 Å². The molecule has 74 valence electrons. The summed E-state index contributed by atoms with van der Waals surface area (Å²) in [6.45, 7) is 0. The van der Waals surface area contributed by atoms with E-state index < -0.39 is 0 Å². The molecule has 0 saturated heterocycles. The second-order valence-electron chi connectivity index (χ2n) is 3.05. The second-order valence-corrected chi connectivity index (χ2v) is 3.05. The van der Waals surface area contributed by atoms with Gasteiger partial charge < -0.3 is 4.98 Å². The van der Waals surface area contributed by atoms with E-state index in [1.54, 1.807) is 18.5 Å². The van der Waals surface area contributed by atoms with E-state index in [1.165, 1.54) is 6.08 Å². The molecule has 0 aliphatic heterocycles. The molecule has 0 bridgehead atoms. The molecule has 0 atom stereocenters. The highest BCUT2D eigenvalue weighted by molar-refractivity contribution is 6.04. The Labute approximate surface area is 87.5 Å².